The standard InChI is InChI=1S/C33H41N5O2/c39-31(28-9-4-5-10-28)35-30(27-7-2-1-3-8-27)15-21-36-22-16-33(17-23-36)18-24-37(32(33)40)25-26-11-13-29(14-12-26)38-20-6-19-34-38/h1-3,6-8,11-14,19-20,28,30H,4-5,9-10,15-18,21-25H2,(H,35,39)/t30-/m0/s1. The molecule has 1 N–H and O–H groups in total. The van der Waals surface area contributed by atoms with Crippen LogP contribution in [-0.4, -0.2) is 57.6 Å². The van der Waals surface area contributed by atoms with Crippen molar-refractivity contribution in [3.63, 3.8) is 0 Å². The molecule has 7 heteroatoms. The third kappa shape index (κ3) is 5.85. The van der Waals surface area contributed by atoms with E-state index in [2.05, 4.69) is 68.7 Å². The Kier molecular flexibility index (Phi) is 8.00. The summed E-state index contributed by atoms with van der Waals surface area (Å²) in [6, 6.07) is 20.7. The number of aromatic nitrogens is 2. The van der Waals surface area contributed by atoms with Crippen LogP contribution in [0.1, 0.15) is 68.5 Å². The van der Waals surface area contributed by atoms with Crippen molar-refractivity contribution in [3.05, 3.63) is 84.2 Å². The van der Waals surface area contributed by atoms with Gasteiger partial charge < -0.3 is 15.1 Å². The minimum atomic E-state index is -0.207. The summed E-state index contributed by atoms with van der Waals surface area (Å²) in [7, 11) is 0. The van der Waals surface area contributed by atoms with Crippen molar-refractivity contribution in [1.29, 1.82) is 0 Å². The van der Waals surface area contributed by atoms with Gasteiger partial charge in [0.05, 0.1) is 17.1 Å². The fraction of sp³-hybridized carbons (Fsp3) is 0.485. The normalized spacial score (nSPS) is 20.3. The second-order valence-electron chi connectivity index (χ2n) is 12.0. The highest BCUT2D eigenvalue weighted by molar-refractivity contribution is 5.85. The van der Waals surface area contributed by atoms with Crippen LogP contribution in [0.25, 0.3) is 5.69 Å². The van der Waals surface area contributed by atoms with E-state index in [1.54, 1.807) is 6.20 Å². The summed E-state index contributed by atoms with van der Waals surface area (Å²) >= 11 is 0. The molecule has 6 rings (SSSR count). The van der Waals surface area contributed by atoms with Gasteiger partial charge in [0, 0.05) is 37.9 Å². The second kappa shape index (κ2) is 12.0. The third-order valence-corrected chi connectivity index (χ3v) is 9.47. The molecule has 40 heavy (non-hydrogen) atoms. The van der Waals surface area contributed by atoms with Crippen LogP contribution < -0.4 is 5.32 Å². The molecule has 0 radical (unpaired) electrons. The maximum absolute atomic E-state index is 13.6. The Morgan fingerprint density at radius 3 is 2.38 bits per heavy atom. The van der Waals surface area contributed by atoms with E-state index >= 15 is 0 Å². The predicted molar refractivity (Wildman–Crippen MR) is 156 cm³/mol. The van der Waals surface area contributed by atoms with Crippen LogP contribution in [0.15, 0.2) is 73.1 Å². The zero-order valence-corrected chi connectivity index (χ0v) is 23.4. The number of benzene rings is 2. The number of carbonyl (C=O) groups is 2. The Morgan fingerprint density at radius 2 is 1.68 bits per heavy atom. The van der Waals surface area contributed by atoms with E-state index < -0.39 is 0 Å². The lowest BCUT2D eigenvalue weighted by molar-refractivity contribution is -0.139. The second-order valence-corrected chi connectivity index (χ2v) is 12.0. The zero-order valence-electron chi connectivity index (χ0n) is 23.4. The molecule has 1 aliphatic carbocycles. The van der Waals surface area contributed by atoms with E-state index in [0.29, 0.717) is 12.5 Å². The van der Waals surface area contributed by atoms with Gasteiger partial charge in [0.1, 0.15) is 0 Å². The first-order chi connectivity index (χ1) is 19.6. The van der Waals surface area contributed by atoms with Crippen LogP contribution in [0.2, 0.25) is 0 Å². The molecule has 1 saturated carbocycles. The van der Waals surface area contributed by atoms with Crippen molar-refractivity contribution in [1.82, 2.24) is 24.9 Å². The number of hydrogen-bond donors (Lipinski definition) is 1. The van der Waals surface area contributed by atoms with Gasteiger partial charge in [-0.15, -0.1) is 0 Å². The molecule has 3 aromatic rings. The molecule has 0 bridgehead atoms. The van der Waals surface area contributed by atoms with E-state index in [0.717, 1.165) is 88.8 Å². The molecule has 3 heterocycles. The molecular formula is C33H41N5O2. The lowest BCUT2D eigenvalue weighted by Crippen LogP contribution is -2.45. The van der Waals surface area contributed by atoms with Gasteiger partial charge in [-0.05, 0) is 80.9 Å². The Bertz CT molecular complexity index is 1260. The highest BCUT2D eigenvalue weighted by Gasteiger charge is 2.47. The maximum Gasteiger partial charge on any atom is 0.229 e. The van der Waals surface area contributed by atoms with Crippen molar-refractivity contribution >= 4 is 11.8 Å². The summed E-state index contributed by atoms with van der Waals surface area (Å²) in [6.07, 6.45) is 11.8. The zero-order chi connectivity index (χ0) is 27.4. The first-order valence-corrected chi connectivity index (χ1v) is 15.1. The Hall–Kier alpha value is -3.45. The van der Waals surface area contributed by atoms with Gasteiger partial charge in [-0.25, -0.2) is 4.68 Å². The van der Waals surface area contributed by atoms with Gasteiger partial charge in [-0.1, -0.05) is 55.3 Å². The molecule has 3 fully saturated rings. The SMILES string of the molecule is O=C(N[C@@H](CCN1CCC2(CC1)CCN(Cc1ccc(-n3cccn3)cc1)C2=O)c1ccccc1)C1CCCC1. The molecule has 1 spiro atoms. The van der Waals surface area contributed by atoms with E-state index in [9.17, 15) is 9.59 Å². The number of amides is 2. The average molecular weight is 540 g/mol. The number of likely N-dealkylation sites (tertiary alicyclic amines) is 2. The number of hydrogen-bond acceptors (Lipinski definition) is 4. The lowest BCUT2D eigenvalue weighted by Gasteiger charge is -2.38. The molecule has 210 valence electrons. The van der Waals surface area contributed by atoms with Gasteiger partial charge in [0.15, 0.2) is 0 Å². The third-order valence-electron chi connectivity index (χ3n) is 9.47. The monoisotopic (exact) mass is 539 g/mol. The Morgan fingerprint density at radius 1 is 0.950 bits per heavy atom. The van der Waals surface area contributed by atoms with Gasteiger partial charge >= 0.3 is 0 Å². The molecule has 2 amide bonds. The fourth-order valence-corrected chi connectivity index (χ4v) is 6.91. The summed E-state index contributed by atoms with van der Waals surface area (Å²) in [4.78, 5) is 31.1. The molecule has 1 aromatic heterocycles. The maximum atomic E-state index is 13.6. The summed E-state index contributed by atoms with van der Waals surface area (Å²) in [5, 5.41) is 7.67. The van der Waals surface area contributed by atoms with Gasteiger partial charge in [0.2, 0.25) is 11.8 Å². The van der Waals surface area contributed by atoms with Crippen LogP contribution in [0.4, 0.5) is 0 Å². The van der Waals surface area contributed by atoms with Gasteiger partial charge in [0.25, 0.3) is 0 Å². The largest absolute Gasteiger partial charge is 0.349 e. The number of rotatable bonds is 9. The average Bonchev–Trinajstić information content (AvgIpc) is 3.78. The molecule has 0 unspecified atom stereocenters. The highest BCUT2D eigenvalue weighted by Crippen LogP contribution is 2.42. The number of piperidine rings is 1. The van der Waals surface area contributed by atoms with Crippen LogP contribution >= 0.6 is 0 Å². The summed E-state index contributed by atoms with van der Waals surface area (Å²) < 4.78 is 1.85. The number of carbonyl (C=O) groups excluding carboxylic acids is 2. The van der Waals surface area contributed by atoms with Crippen LogP contribution in [0.3, 0.4) is 0 Å². The summed E-state index contributed by atoms with van der Waals surface area (Å²) in [5.41, 5.74) is 3.16. The summed E-state index contributed by atoms with van der Waals surface area (Å²) in [6.45, 7) is 4.32. The van der Waals surface area contributed by atoms with Crippen LogP contribution in [-0.2, 0) is 16.1 Å². The molecule has 1 atom stereocenters. The van der Waals surface area contributed by atoms with Gasteiger partial charge in [-0.2, -0.15) is 5.10 Å². The molecule has 2 aromatic carbocycles. The van der Waals surface area contributed by atoms with Crippen molar-refractivity contribution < 1.29 is 9.59 Å². The predicted octanol–water partition coefficient (Wildman–Crippen LogP) is 5.12. The first kappa shape index (κ1) is 26.8. The van der Waals surface area contributed by atoms with E-state index in [-0.39, 0.29) is 23.3 Å². The topological polar surface area (TPSA) is 70.5 Å². The smallest absolute Gasteiger partial charge is 0.229 e. The fourth-order valence-electron chi connectivity index (χ4n) is 6.91. The summed E-state index contributed by atoms with van der Waals surface area (Å²) in [5.74, 6) is 0.720. The van der Waals surface area contributed by atoms with E-state index in [4.69, 9.17) is 0 Å². The highest BCUT2D eigenvalue weighted by atomic mass is 16.2. The van der Waals surface area contributed by atoms with Crippen LogP contribution in [0, 0.1) is 11.3 Å². The number of nitrogens with one attached hydrogen (secondary N) is 1. The Labute approximate surface area is 237 Å². The first-order valence-electron chi connectivity index (χ1n) is 15.1. The van der Waals surface area contributed by atoms with Crippen molar-refractivity contribution in [2.45, 2.75) is 64.0 Å². The molecular weight excluding hydrogens is 498 g/mol. The minimum Gasteiger partial charge on any atom is -0.349 e. The van der Waals surface area contributed by atoms with Crippen molar-refractivity contribution in [3.8, 4) is 5.69 Å². The van der Waals surface area contributed by atoms with Crippen molar-refractivity contribution in [2.75, 3.05) is 26.2 Å². The number of nitrogens with zero attached hydrogens (tertiary/aromatic N) is 4. The minimum absolute atomic E-state index is 0.0356. The van der Waals surface area contributed by atoms with Crippen LogP contribution in [0.5, 0.6) is 0 Å². The van der Waals surface area contributed by atoms with E-state index in [1.165, 1.54) is 5.56 Å². The van der Waals surface area contributed by atoms with E-state index in [1.807, 2.05) is 23.0 Å². The quantitative estimate of drug-likeness (QED) is 0.410. The molecule has 7 nitrogen and oxygen atoms in total. The Balaban J connectivity index is 1.01. The molecule has 3 aliphatic rings. The van der Waals surface area contributed by atoms with Crippen molar-refractivity contribution in [2.24, 2.45) is 11.3 Å². The molecule has 2 aliphatic heterocycles. The van der Waals surface area contributed by atoms with Gasteiger partial charge in [-0.3, -0.25) is 9.59 Å². The lowest BCUT2D eigenvalue weighted by atomic mass is 9.77. The molecule has 2 saturated heterocycles.